The zero-order chi connectivity index (χ0) is 14.5. The quantitative estimate of drug-likeness (QED) is 0.926. The molecule has 6 heteroatoms. The molecule has 1 aliphatic rings. The number of rotatable bonds is 3. The van der Waals surface area contributed by atoms with E-state index < -0.39 is 0 Å². The second kappa shape index (κ2) is 6.20. The SMILES string of the molecule is N#Cc1ccc(Nc2nccc(N3CCOCC3)n2)cc1. The molecule has 2 heterocycles. The number of benzene rings is 1. The van der Waals surface area contributed by atoms with E-state index in [0.29, 0.717) is 11.5 Å². The lowest BCUT2D eigenvalue weighted by atomic mass is 10.2. The standard InChI is InChI=1S/C15H15N5O/c16-11-12-1-3-13(4-2-12)18-15-17-6-5-14(19-15)20-7-9-21-10-8-20/h1-6H,7-10H2,(H,17,18,19). The Morgan fingerprint density at radius 1 is 1.14 bits per heavy atom. The van der Waals surface area contributed by atoms with Crippen LogP contribution in [0.15, 0.2) is 36.5 Å². The van der Waals surface area contributed by atoms with Gasteiger partial charge in [-0.3, -0.25) is 0 Å². The van der Waals surface area contributed by atoms with Crippen molar-refractivity contribution in [2.24, 2.45) is 0 Å². The highest BCUT2D eigenvalue weighted by atomic mass is 16.5. The first-order valence-corrected chi connectivity index (χ1v) is 6.78. The van der Waals surface area contributed by atoms with Gasteiger partial charge in [-0.05, 0) is 30.3 Å². The van der Waals surface area contributed by atoms with Gasteiger partial charge in [0.2, 0.25) is 5.95 Å². The molecule has 0 aliphatic carbocycles. The molecule has 1 N–H and O–H groups in total. The van der Waals surface area contributed by atoms with E-state index in [4.69, 9.17) is 10.00 Å². The van der Waals surface area contributed by atoms with Gasteiger partial charge in [-0.15, -0.1) is 0 Å². The van der Waals surface area contributed by atoms with Gasteiger partial charge in [-0.1, -0.05) is 0 Å². The van der Waals surface area contributed by atoms with E-state index in [2.05, 4.69) is 26.3 Å². The van der Waals surface area contributed by atoms with Crippen molar-refractivity contribution < 1.29 is 4.74 Å². The van der Waals surface area contributed by atoms with Crippen LogP contribution in [0.5, 0.6) is 0 Å². The molecule has 1 aromatic carbocycles. The molecule has 3 rings (SSSR count). The number of nitrogens with zero attached hydrogens (tertiary/aromatic N) is 4. The molecule has 106 valence electrons. The Morgan fingerprint density at radius 2 is 1.90 bits per heavy atom. The van der Waals surface area contributed by atoms with Gasteiger partial charge in [0.05, 0.1) is 24.8 Å². The van der Waals surface area contributed by atoms with Gasteiger partial charge in [0.1, 0.15) is 5.82 Å². The molecule has 0 bridgehead atoms. The van der Waals surface area contributed by atoms with E-state index >= 15 is 0 Å². The van der Waals surface area contributed by atoms with Crippen LogP contribution in [-0.4, -0.2) is 36.3 Å². The number of anilines is 3. The number of nitrogens with one attached hydrogen (secondary N) is 1. The average molecular weight is 281 g/mol. The average Bonchev–Trinajstić information content (AvgIpc) is 2.57. The Bertz CT molecular complexity index is 644. The number of morpholine rings is 1. The molecule has 0 radical (unpaired) electrons. The lowest BCUT2D eigenvalue weighted by Gasteiger charge is -2.27. The lowest BCUT2D eigenvalue weighted by Crippen LogP contribution is -2.36. The van der Waals surface area contributed by atoms with Crippen molar-refractivity contribution >= 4 is 17.5 Å². The van der Waals surface area contributed by atoms with E-state index in [0.717, 1.165) is 37.8 Å². The minimum absolute atomic E-state index is 0.545. The molecule has 2 aromatic rings. The predicted octanol–water partition coefficient (Wildman–Crippen LogP) is 1.93. The molecule has 21 heavy (non-hydrogen) atoms. The van der Waals surface area contributed by atoms with Crippen molar-refractivity contribution in [1.82, 2.24) is 9.97 Å². The van der Waals surface area contributed by atoms with Crippen molar-refractivity contribution in [2.45, 2.75) is 0 Å². The van der Waals surface area contributed by atoms with Crippen LogP contribution in [-0.2, 0) is 4.74 Å². The van der Waals surface area contributed by atoms with Crippen LogP contribution >= 0.6 is 0 Å². The zero-order valence-electron chi connectivity index (χ0n) is 11.5. The van der Waals surface area contributed by atoms with Crippen molar-refractivity contribution in [2.75, 3.05) is 36.5 Å². The van der Waals surface area contributed by atoms with Crippen LogP contribution in [0.25, 0.3) is 0 Å². The van der Waals surface area contributed by atoms with Crippen LogP contribution in [0.2, 0.25) is 0 Å². The molecule has 6 nitrogen and oxygen atoms in total. The van der Waals surface area contributed by atoms with Crippen LogP contribution in [0.3, 0.4) is 0 Å². The van der Waals surface area contributed by atoms with Crippen molar-refractivity contribution in [3.05, 3.63) is 42.1 Å². The fraction of sp³-hybridized carbons (Fsp3) is 0.267. The molecular formula is C15H15N5O. The predicted molar refractivity (Wildman–Crippen MR) is 79.5 cm³/mol. The zero-order valence-corrected chi connectivity index (χ0v) is 11.5. The monoisotopic (exact) mass is 281 g/mol. The molecule has 0 amide bonds. The van der Waals surface area contributed by atoms with Crippen molar-refractivity contribution in [3.63, 3.8) is 0 Å². The smallest absolute Gasteiger partial charge is 0.229 e. The highest BCUT2D eigenvalue weighted by Crippen LogP contribution is 2.17. The third kappa shape index (κ3) is 3.27. The van der Waals surface area contributed by atoms with Gasteiger partial charge in [0, 0.05) is 25.0 Å². The van der Waals surface area contributed by atoms with Crippen LogP contribution in [0.4, 0.5) is 17.5 Å². The molecule has 0 saturated carbocycles. The maximum Gasteiger partial charge on any atom is 0.229 e. The van der Waals surface area contributed by atoms with E-state index in [1.165, 1.54) is 0 Å². The molecule has 1 aromatic heterocycles. The summed E-state index contributed by atoms with van der Waals surface area (Å²) >= 11 is 0. The Kier molecular flexibility index (Phi) is 3.94. The van der Waals surface area contributed by atoms with E-state index in [1.54, 1.807) is 18.3 Å². The summed E-state index contributed by atoms with van der Waals surface area (Å²) in [5.74, 6) is 1.44. The highest BCUT2D eigenvalue weighted by Gasteiger charge is 2.12. The first kappa shape index (κ1) is 13.3. The lowest BCUT2D eigenvalue weighted by molar-refractivity contribution is 0.122. The number of hydrogen-bond acceptors (Lipinski definition) is 6. The third-order valence-corrected chi connectivity index (χ3v) is 3.25. The Hall–Kier alpha value is -2.65. The summed E-state index contributed by atoms with van der Waals surface area (Å²) in [5.41, 5.74) is 1.48. The highest BCUT2D eigenvalue weighted by molar-refractivity contribution is 5.56. The first-order valence-electron chi connectivity index (χ1n) is 6.78. The second-order valence-corrected chi connectivity index (χ2v) is 4.65. The van der Waals surface area contributed by atoms with E-state index in [1.807, 2.05) is 18.2 Å². The summed E-state index contributed by atoms with van der Waals surface area (Å²) in [7, 11) is 0. The van der Waals surface area contributed by atoms with Crippen LogP contribution < -0.4 is 10.2 Å². The summed E-state index contributed by atoms with van der Waals surface area (Å²) in [4.78, 5) is 10.9. The summed E-state index contributed by atoms with van der Waals surface area (Å²) < 4.78 is 5.34. The third-order valence-electron chi connectivity index (χ3n) is 3.25. The fourth-order valence-corrected chi connectivity index (χ4v) is 2.14. The molecule has 1 saturated heterocycles. The Labute approximate surface area is 123 Å². The number of aromatic nitrogens is 2. The molecule has 0 spiro atoms. The molecule has 1 aliphatic heterocycles. The molecule has 0 atom stereocenters. The van der Waals surface area contributed by atoms with Gasteiger partial charge in [-0.25, -0.2) is 4.98 Å². The van der Waals surface area contributed by atoms with Gasteiger partial charge in [0.15, 0.2) is 0 Å². The topological polar surface area (TPSA) is 74.1 Å². The maximum absolute atomic E-state index is 8.79. The molecular weight excluding hydrogens is 266 g/mol. The van der Waals surface area contributed by atoms with Crippen molar-refractivity contribution in [3.8, 4) is 6.07 Å². The number of ether oxygens (including phenoxy) is 1. The number of nitriles is 1. The fourth-order valence-electron chi connectivity index (χ4n) is 2.14. The largest absolute Gasteiger partial charge is 0.378 e. The number of hydrogen-bond donors (Lipinski definition) is 1. The second-order valence-electron chi connectivity index (χ2n) is 4.65. The van der Waals surface area contributed by atoms with E-state index in [9.17, 15) is 0 Å². The molecule has 1 fully saturated rings. The van der Waals surface area contributed by atoms with E-state index in [-0.39, 0.29) is 0 Å². The van der Waals surface area contributed by atoms with Gasteiger partial charge in [0.25, 0.3) is 0 Å². The first-order chi connectivity index (χ1) is 10.3. The molecule has 0 unspecified atom stereocenters. The van der Waals surface area contributed by atoms with Gasteiger partial charge >= 0.3 is 0 Å². The summed E-state index contributed by atoms with van der Waals surface area (Å²) in [5, 5.41) is 11.9. The Balaban J connectivity index is 1.74. The van der Waals surface area contributed by atoms with Crippen LogP contribution in [0.1, 0.15) is 5.56 Å². The minimum Gasteiger partial charge on any atom is -0.378 e. The minimum atomic E-state index is 0.545. The summed E-state index contributed by atoms with van der Waals surface area (Å²) in [6.45, 7) is 3.13. The summed E-state index contributed by atoms with van der Waals surface area (Å²) in [6.07, 6.45) is 1.74. The van der Waals surface area contributed by atoms with Gasteiger partial charge < -0.3 is 15.0 Å². The van der Waals surface area contributed by atoms with Gasteiger partial charge in [-0.2, -0.15) is 10.2 Å². The summed E-state index contributed by atoms with van der Waals surface area (Å²) in [6, 6.07) is 11.2. The van der Waals surface area contributed by atoms with Crippen molar-refractivity contribution in [1.29, 1.82) is 5.26 Å². The van der Waals surface area contributed by atoms with Crippen LogP contribution in [0, 0.1) is 11.3 Å². The Morgan fingerprint density at radius 3 is 2.62 bits per heavy atom. The normalized spacial score (nSPS) is 14.5. The maximum atomic E-state index is 8.79.